The molecule has 0 spiro atoms. The Bertz CT molecular complexity index is 873. The van der Waals surface area contributed by atoms with Gasteiger partial charge in [-0.15, -0.1) is 0 Å². The van der Waals surface area contributed by atoms with Gasteiger partial charge in [0.25, 0.3) is 15.9 Å². The normalized spacial score (nSPS) is 17.0. The van der Waals surface area contributed by atoms with Crippen molar-refractivity contribution in [2.24, 2.45) is 0 Å². The van der Waals surface area contributed by atoms with Gasteiger partial charge in [0.05, 0.1) is 5.54 Å². The zero-order valence-corrected chi connectivity index (χ0v) is 12.7. The smallest absolute Gasteiger partial charge is 0.356 e. The molecule has 0 radical (unpaired) electrons. The van der Waals surface area contributed by atoms with Crippen LogP contribution in [0.3, 0.4) is 0 Å². The molecule has 2 aromatic rings. The lowest BCUT2D eigenvalue weighted by atomic mass is 9.77. The Labute approximate surface area is 133 Å². The van der Waals surface area contributed by atoms with E-state index < -0.39 is 44.6 Å². The minimum absolute atomic E-state index is 0.189. The number of H-pyrrole nitrogens is 1. The number of hydrogen-bond acceptors (Lipinski definition) is 7. The Balaban J connectivity index is 1.89. The third-order valence-corrected chi connectivity index (χ3v) is 5.10. The van der Waals surface area contributed by atoms with E-state index in [9.17, 15) is 22.0 Å². The van der Waals surface area contributed by atoms with Gasteiger partial charge < -0.3 is 9.63 Å². The van der Waals surface area contributed by atoms with Crippen molar-refractivity contribution in [3.8, 4) is 0 Å². The van der Waals surface area contributed by atoms with Gasteiger partial charge >= 0.3 is 12.4 Å². The standard InChI is InChI=1S/C11H11F2N5O5S/c12-7(13)8-14-10(17-23-8)11(2-1-3-11)18-24(21,22)6-4-5(9(19)20)15-16-6/h4,7,18H,1-3H2,(H,15,16)(H,19,20). The lowest BCUT2D eigenvalue weighted by Crippen LogP contribution is -2.51. The molecule has 2 heterocycles. The van der Waals surface area contributed by atoms with Crippen molar-refractivity contribution in [3.05, 3.63) is 23.5 Å². The van der Waals surface area contributed by atoms with E-state index in [1.807, 2.05) is 0 Å². The van der Waals surface area contributed by atoms with Gasteiger partial charge in [0.2, 0.25) is 0 Å². The number of nitrogens with one attached hydrogen (secondary N) is 2. The van der Waals surface area contributed by atoms with E-state index >= 15 is 0 Å². The molecule has 1 aliphatic rings. The first-order valence-corrected chi connectivity index (χ1v) is 8.17. The monoisotopic (exact) mass is 363 g/mol. The predicted molar refractivity (Wildman–Crippen MR) is 70.7 cm³/mol. The van der Waals surface area contributed by atoms with Crippen LogP contribution in [0.2, 0.25) is 0 Å². The lowest BCUT2D eigenvalue weighted by molar-refractivity contribution is 0.0690. The number of rotatable bonds is 6. The second kappa shape index (κ2) is 5.59. The first kappa shape index (κ1) is 16.4. The summed E-state index contributed by atoms with van der Waals surface area (Å²) in [6.45, 7) is 0. The maximum atomic E-state index is 12.6. The Hall–Kier alpha value is -2.41. The maximum absolute atomic E-state index is 12.6. The third-order valence-electron chi connectivity index (χ3n) is 3.66. The molecule has 0 aliphatic heterocycles. The fourth-order valence-electron chi connectivity index (χ4n) is 2.28. The summed E-state index contributed by atoms with van der Waals surface area (Å²) >= 11 is 0. The van der Waals surface area contributed by atoms with Crippen LogP contribution in [0, 0.1) is 0 Å². The van der Waals surface area contributed by atoms with E-state index in [2.05, 4.69) is 29.6 Å². The highest BCUT2D eigenvalue weighted by Gasteiger charge is 2.47. The van der Waals surface area contributed by atoms with Crippen LogP contribution in [-0.2, 0) is 15.6 Å². The summed E-state index contributed by atoms with van der Waals surface area (Å²) in [5.41, 5.74) is -1.75. The number of carbonyl (C=O) groups is 1. The molecular formula is C11H11F2N5O5S. The summed E-state index contributed by atoms with van der Waals surface area (Å²) in [7, 11) is -4.19. The Kier molecular flexibility index (Phi) is 3.83. The summed E-state index contributed by atoms with van der Waals surface area (Å²) in [5, 5.41) is 17.2. The largest absolute Gasteiger partial charge is 0.476 e. The molecule has 130 valence electrons. The highest BCUT2D eigenvalue weighted by atomic mass is 32.2. The van der Waals surface area contributed by atoms with Crippen molar-refractivity contribution in [2.75, 3.05) is 0 Å². The minimum atomic E-state index is -4.19. The van der Waals surface area contributed by atoms with Gasteiger partial charge in [0.1, 0.15) is 0 Å². The molecule has 13 heteroatoms. The summed E-state index contributed by atoms with van der Waals surface area (Å²) in [6, 6.07) is 0.845. The van der Waals surface area contributed by atoms with E-state index in [4.69, 9.17) is 5.11 Å². The average Bonchev–Trinajstić information content (AvgIpc) is 3.12. The molecule has 0 unspecified atom stereocenters. The average molecular weight is 363 g/mol. The number of carboxylic acids is 1. The fourth-order valence-corrected chi connectivity index (χ4v) is 3.64. The van der Waals surface area contributed by atoms with E-state index in [0.29, 0.717) is 6.42 Å². The zero-order chi connectivity index (χ0) is 17.5. The molecule has 24 heavy (non-hydrogen) atoms. The van der Waals surface area contributed by atoms with Crippen molar-refractivity contribution in [1.29, 1.82) is 0 Å². The van der Waals surface area contributed by atoms with Crippen LogP contribution < -0.4 is 4.72 Å². The highest BCUT2D eigenvalue weighted by molar-refractivity contribution is 7.89. The zero-order valence-electron chi connectivity index (χ0n) is 11.9. The third kappa shape index (κ3) is 2.75. The molecule has 0 amide bonds. The van der Waals surface area contributed by atoms with E-state index in [1.54, 1.807) is 0 Å². The van der Waals surface area contributed by atoms with Crippen LogP contribution in [0.25, 0.3) is 0 Å². The van der Waals surface area contributed by atoms with Gasteiger partial charge in [-0.2, -0.15) is 23.6 Å². The number of aromatic carboxylic acids is 1. The summed E-state index contributed by atoms with van der Waals surface area (Å²) < 4.78 is 56.6. The van der Waals surface area contributed by atoms with Gasteiger partial charge in [-0.05, 0) is 19.3 Å². The van der Waals surface area contributed by atoms with Crippen molar-refractivity contribution < 1.29 is 31.6 Å². The molecule has 0 atom stereocenters. The van der Waals surface area contributed by atoms with E-state index in [-0.39, 0.29) is 18.7 Å². The number of halogens is 2. The second-order valence-corrected chi connectivity index (χ2v) is 6.87. The van der Waals surface area contributed by atoms with Crippen LogP contribution in [0.4, 0.5) is 8.78 Å². The predicted octanol–water partition coefficient (Wildman–Crippen LogP) is 0.786. The van der Waals surface area contributed by atoms with Crippen molar-refractivity contribution in [2.45, 2.75) is 36.3 Å². The topological polar surface area (TPSA) is 151 Å². The number of carboxylic acid groups (broad SMARTS) is 1. The summed E-state index contributed by atoms with van der Waals surface area (Å²) in [5.74, 6) is -2.48. The molecule has 3 rings (SSSR count). The lowest BCUT2D eigenvalue weighted by Gasteiger charge is -2.38. The van der Waals surface area contributed by atoms with Crippen LogP contribution in [0.5, 0.6) is 0 Å². The van der Waals surface area contributed by atoms with E-state index in [0.717, 1.165) is 6.07 Å². The summed E-state index contributed by atoms with van der Waals surface area (Å²) in [6.07, 6.45) is -1.77. The number of alkyl halides is 2. The fraction of sp³-hybridized carbons (Fsp3) is 0.455. The van der Waals surface area contributed by atoms with E-state index in [1.165, 1.54) is 0 Å². The van der Waals surface area contributed by atoms with Gasteiger partial charge in [-0.3, -0.25) is 5.10 Å². The maximum Gasteiger partial charge on any atom is 0.356 e. The molecule has 10 nitrogen and oxygen atoms in total. The quantitative estimate of drug-likeness (QED) is 0.681. The molecule has 1 fully saturated rings. The molecule has 0 bridgehead atoms. The first-order chi connectivity index (χ1) is 11.2. The highest BCUT2D eigenvalue weighted by Crippen LogP contribution is 2.41. The van der Waals surface area contributed by atoms with Crippen LogP contribution >= 0.6 is 0 Å². The molecule has 2 aromatic heterocycles. The van der Waals surface area contributed by atoms with Crippen molar-refractivity contribution in [3.63, 3.8) is 0 Å². The molecular weight excluding hydrogens is 352 g/mol. The van der Waals surface area contributed by atoms with Crippen LogP contribution in [0.1, 0.15) is 47.9 Å². The number of aromatic nitrogens is 4. The number of sulfonamides is 1. The molecule has 3 N–H and O–H groups in total. The number of aromatic amines is 1. The second-order valence-electron chi connectivity index (χ2n) is 5.22. The Morgan fingerprint density at radius 2 is 2.17 bits per heavy atom. The molecule has 1 saturated carbocycles. The van der Waals surface area contributed by atoms with Gasteiger partial charge in [0.15, 0.2) is 16.5 Å². The van der Waals surface area contributed by atoms with Crippen LogP contribution in [0.15, 0.2) is 15.6 Å². The number of nitrogens with zero attached hydrogens (tertiary/aromatic N) is 3. The first-order valence-electron chi connectivity index (χ1n) is 6.68. The Morgan fingerprint density at radius 1 is 1.46 bits per heavy atom. The molecule has 1 aliphatic carbocycles. The van der Waals surface area contributed by atoms with Crippen LogP contribution in [-0.4, -0.2) is 39.8 Å². The van der Waals surface area contributed by atoms with Gasteiger partial charge in [-0.1, -0.05) is 5.16 Å². The van der Waals surface area contributed by atoms with Crippen molar-refractivity contribution >= 4 is 16.0 Å². The molecule has 0 saturated heterocycles. The SMILES string of the molecule is O=C(O)c1cc(S(=O)(=O)NC2(c3noc(C(F)F)n3)CCC2)[nH]n1. The Morgan fingerprint density at radius 3 is 2.62 bits per heavy atom. The van der Waals surface area contributed by atoms with Gasteiger partial charge in [-0.25, -0.2) is 13.2 Å². The van der Waals surface area contributed by atoms with Crippen molar-refractivity contribution in [1.82, 2.24) is 25.1 Å². The summed E-state index contributed by atoms with van der Waals surface area (Å²) in [4.78, 5) is 14.3. The minimum Gasteiger partial charge on any atom is -0.476 e. The number of hydrogen-bond donors (Lipinski definition) is 3. The van der Waals surface area contributed by atoms with Gasteiger partial charge in [0, 0.05) is 6.07 Å². The molecule has 0 aromatic carbocycles.